The molecule has 0 saturated heterocycles. The van der Waals surface area contributed by atoms with Crippen molar-refractivity contribution < 1.29 is 19.1 Å². The van der Waals surface area contributed by atoms with E-state index >= 15 is 0 Å². The smallest absolute Gasteiger partial charge is 0.333 e. The van der Waals surface area contributed by atoms with Gasteiger partial charge in [-0.3, -0.25) is 0 Å². The molecule has 0 N–H and O–H groups in total. The largest absolute Gasteiger partial charge is 0.433 e. The molecule has 0 aliphatic heterocycles. The summed E-state index contributed by atoms with van der Waals surface area (Å²) in [6.07, 6.45) is 2.03. The molecular formula is C14H18Br6O4. The summed E-state index contributed by atoms with van der Waals surface area (Å²) in [5, 5.41) is 1.15. The Kier molecular flexibility index (Phi) is 10.3. The predicted molar refractivity (Wildman–Crippen MR) is 118 cm³/mol. The minimum atomic E-state index is -1.08. The number of carbonyl (C=O) groups excluding carboxylic acids is 2. The van der Waals surface area contributed by atoms with E-state index in [1.807, 2.05) is 27.7 Å². The molecular weight excluding hydrogens is 712 g/mol. The molecule has 0 amide bonds. The second-order valence-corrected chi connectivity index (χ2v) is 14.0. The van der Waals surface area contributed by atoms with Crippen molar-refractivity contribution in [1.29, 1.82) is 0 Å². The SMILES string of the molecule is CC(C)(CBr)C(Br)(Br)OC(=O)/C=C/C(=O)OC(Br)(Br)C(C)(C)CBr. The first-order valence-corrected chi connectivity index (χ1v) is 12.0. The van der Waals surface area contributed by atoms with Crippen LogP contribution in [-0.2, 0) is 19.1 Å². The van der Waals surface area contributed by atoms with Gasteiger partial charge in [0.25, 0.3) is 0 Å². The van der Waals surface area contributed by atoms with Gasteiger partial charge in [0, 0.05) is 33.6 Å². The third-order valence-electron chi connectivity index (χ3n) is 3.06. The summed E-state index contributed by atoms with van der Waals surface area (Å²) in [5.74, 6) is -1.38. The molecule has 0 aromatic rings. The minimum Gasteiger partial charge on any atom is -0.433 e. The maximum absolute atomic E-state index is 11.9. The van der Waals surface area contributed by atoms with Crippen molar-refractivity contribution in [2.24, 2.45) is 10.8 Å². The number of carbonyl (C=O) groups is 2. The van der Waals surface area contributed by atoms with Crippen LogP contribution in [0.4, 0.5) is 0 Å². The van der Waals surface area contributed by atoms with Gasteiger partial charge in [-0.1, -0.05) is 59.6 Å². The topological polar surface area (TPSA) is 52.6 Å². The molecule has 0 aliphatic rings. The predicted octanol–water partition coefficient (Wildman–Crippen LogP) is 6.36. The summed E-state index contributed by atoms with van der Waals surface area (Å²) in [6, 6.07) is 0. The molecule has 0 fully saturated rings. The second-order valence-electron chi connectivity index (χ2n) is 6.24. The highest BCUT2D eigenvalue weighted by Crippen LogP contribution is 2.47. The number of halogens is 6. The molecule has 10 heteroatoms. The Morgan fingerprint density at radius 2 is 1.00 bits per heavy atom. The van der Waals surface area contributed by atoms with Gasteiger partial charge in [-0.05, 0) is 63.7 Å². The van der Waals surface area contributed by atoms with E-state index in [0.717, 1.165) is 12.2 Å². The van der Waals surface area contributed by atoms with Crippen LogP contribution in [0.2, 0.25) is 0 Å². The number of rotatable bonds is 8. The fourth-order valence-corrected chi connectivity index (χ4v) is 4.38. The van der Waals surface area contributed by atoms with Crippen LogP contribution in [-0.4, -0.2) is 29.4 Å². The van der Waals surface area contributed by atoms with Crippen molar-refractivity contribution in [3.8, 4) is 0 Å². The maximum Gasteiger partial charge on any atom is 0.333 e. The van der Waals surface area contributed by atoms with Gasteiger partial charge in [0.15, 0.2) is 0 Å². The number of ether oxygens (including phenoxy) is 2. The average Bonchev–Trinajstić information content (AvgIpc) is 2.43. The number of esters is 2. The zero-order valence-corrected chi connectivity index (χ0v) is 23.0. The quantitative estimate of drug-likeness (QED) is 0.166. The fraction of sp³-hybridized carbons (Fsp3) is 0.714. The summed E-state index contributed by atoms with van der Waals surface area (Å²) in [4.78, 5) is 23.8. The van der Waals surface area contributed by atoms with E-state index < -0.39 is 29.6 Å². The van der Waals surface area contributed by atoms with Gasteiger partial charge in [-0.25, -0.2) is 9.59 Å². The molecule has 140 valence electrons. The molecule has 4 nitrogen and oxygen atoms in total. The van der Waals surface area contributed by atoms with Gasteiger partial charge in [-0.2, -0.15) is 0 Å². The van der Waals surface area contributed by atoms with Crippen LogP contribution in [0.25, 0.3) is 0 Å². The molecule has 0 aliphatic carbocycles. The van der Waals surface area contributed by atoms with Gasteiger partial charge < -0.3 is 9.47 Å². The molecule has 0 rings (SSSR count). The lowest BCUT2D eigenvalue weighted by atomic mass is 9.98. The Hall–Kier alpha value is 1.56. The lowest BCUT2D eigenvalue weighted by Gasteiger charge is -2.35. The zero-order valence-electron chi connectivity index (χ0n) is 13.5. The summed E-state index contributed by atoms with van der Waals surface area (Å²) in [7, 11) is 0. The minimum absolute atomic E-state index is 0.433. The van der Waals surface area contributed by atoms with Gasteiger partial charge >= 0.3 is 11.9 Å². The van der Waals surface area contributed by atoms with E-state index in [2.05, 4.69) is 95.6 Å². The van der Waals surface area contributed by atoms with Gasteiger partial charge in [0.1, 0.15) is 0 Å². The van der Waals surface area contributed by atoms with Gasteiger partial charge in [-0.15, -0.1) is 0 Å². The van der Waals surface area contributed by atoms with Crippen LogP contribution in [0.5, 0.6) is 0 Å². The fourth-order valence-electron chi connectivity index (χ4n) is 0.889. The maximum atomic E-state index is 11.9. The Morgan fingerprint density at radius 1 is 0.750 bits per heavy atom. The summed E-state index contributed by atoms with van der Waals surface area (Å²) in [5.41, 5.74) is -0.866. The first-order chi connectivity index (χ1) is 10.6. The molecule has 0 spiro atoms. The van der Waals surface area contributed by atoms with Crippen molar-refractivity contribution in [3.63, 3.8) is 0 Å². The normalized spacial score (nSPS) is 13.9. The molecule has 0 heterocycles. The van der Waals surface area contributed by atoms with Crippen molar-refractivity contribution in [1.82, 2.24) is 0 Å². The van der Waals surface area contributed by atoms with E-state index in [-0.39, 0.29) is 0 Å². The third kappa shape index (κ3) is 7.29. The Morgan fingerprint density at radius 3 is 1.21 bits per heavy atom. The second kappa shape index (κ2) is 9.66. The monoisotopic (exact) mass is 724 g/mol. The van der Waals surface area contributed by atoms with Gasteiger partial charge in [0.2, 0.25) is 6.84 Å². The first-order valence-electron chi connectivity index (χ1n) is 6.63. The molecule has 0 aromatic carbocycles. The van der Waals surface area contributed by atoms with Crippen molar-refractivity contribution in [2.45, 2.75) is 34.5 Å². The molecule has 0 bridgehead atoms. The van der Waals surface area contributed by atoms with Crippen molar-refractivity contribution in [3.05, 3.63) is 12.2 Å². The molecule has 0 aromatic heterocycles. The molecule has 0 radical (unpaired) electrons. The van der Waals surface area contributed by atoms with E-state index in [9.17, 15) is 9.59 Å². The standard InChI is InChI=1S/C14H18Br6O4/c1-11(2,7-15)13(17,18)23-9(21)5-6-10(22)24-14(19,20)12(3,4)8-16/h5-6H,7-8H2,1-4H3/b6-5+. The Balaban J connectivity index is 4.87. The average molecular weight is 730 g/mol. The van der Waals surface area contributed by atoms with Crippen LogP contribution >= 0.6 is 95.6 Å². The van der Waals surface area contributed by atoms with Crippen LogP contribution < -0.4 is 0 Å². The number of hydrogen-bond donors (Lipinski definition) is 0. The molecule has 0 atom stereocenters. The van der Waals surface area contributed by atoms with E-state index in [1.54, 1.807) is 0 Å². The molecule has 24 heavy (non-hydrogen) atoms. The Bertz CT molecular complexity index is 455. The highest BCUT2D eigenvalue weighted by molar-refractivity contribution is 9.25. The Labute approximate surface area is 193 Å². The molecule has 0 unspecified atom stereocenters. The highest BCUT2D eigenvalue weighted by Gasteiger charge is 2.44. The van der Waals surface area contributed by atoms with Crippen LogP contribution in [0, 0.1) is 10.8 Å². The van der Waals surface area contributed by atoms with E-state index in [4.69, 9.17) is 9.47 Å². The lowest BCUT2D eigenvalue weighted by molar-refractivity contribution is -0.146. The van der Waals surface area contributed by atoms with Crippen molar-refractivity contribution in [2.75, 3.05) is 10.7 Å². The van der Waals surface area contributed by atoms with E-state index in [1.165, 1.54) is 0 Å². The summed E-state index contributed by atoms with van der Waals surface area (Å²) < 4.78 is 8.45. The van der Waals surface area contributed by atoms with Crippen LogP contribution in [0.15, 0.2) is 12.2 Å². The van der Waals surface area contributed by atoms with Crippen molar-refractivity contribution >= 4 is 108 Å². The first kappa shape index (κ1) is 25.6. The highest BCUT2D eigenvalue weighted by atomic mass is 79.9. The summed E-state index contributed by atoms with van der Waals surface area (Å²) >= 11 is 20.0. The van der Waals surface area contributed by atoms with Crippen LogP contribution in [0.3, 0.4) is 0 Å². The number of hydrogen-bond acceptors (Lipinski definition) is 4. The lowest BCUT2D eigenvalue weighted by Crippen LogP contribution is -2.39. The van der Waals surface area contributed by atoms with Crippen LogP contribution in [0.1, 0.15) is 27.7 Å². The summed E-state index contributed by atoms with van der Waals surface area (Å²) in [6.45, 7) is 7.57. The van der Waals surface area contributed by atoms with Gasteiger partial charge in [0.05, 0.1) is 0 Å². The number of alkyl halides is 6. The molecule has 0 saturated carbocycles. The van der Waals surface area contributed by atoms with E-state index in [0.29, 0.717) is 10.7 Å². The zero-order chi connectivity index (χ0) is 19.4. The third-order valence-corrected chi connectivity index (χ3v) is 10.8.